The number of nitrogens with zero attached hydrogens (tertiary/aromatic N) is 5. The van der Waals surface area contributed by atoms with E-state index in [4.69, 9.17) is 0 Å². The number of carbonyl (C=O) groups excluding carboxylic acids is 2. The maximum Gasteiger partial charge on any atom is 0.229 e. The molecule has 2 aromatic heterocycles. The Bertz CT molecular complexity index is 1310. The van der Waals surface area contributed by atoms with Crippen molar-refractivity contribution in [1.82, 2.24) is 19.7 Å². The summed E-state index contributed by atoms with van der Waals surface area (Å²) in [6, 6.07) is 20.4. The number of hydrogen-bond acceptors (Lipinski definition) is 6. The zero-order chi connectivity index (χ0) is 23.5. The molecule has 4 aromatic rings. The highest BCUT2D eigenvalue weighted by Crippen LogP contribution is 2.26. The van der Waals surface area contributed by atoms with Crippen molar-refractivity contribution in [2.75, 3.05) is 22.1 Å². The van der Waals surface area contributed by atoms with Crippen LogP contribution in [0, 0.1) is 12.8 Å². The predicted molar refractivity (Wildman–Crippen MR) is 129 cm³/mol. The molecule has 34 heavy (non-hydrogen) atoms. The van der Waals surface area contributed by atoms with Crippen LogP contribution in [0.15, 0.2) is 79.1 Å². The van der Waals surface area contributed by atoms with Crippen molar-refractivity contribution < 1.29 is 9.59 Å². The van der Waals surface area contributed by atoms with Gasteiger partial charge >= 0.3 is 0 Å². The van der Waals surface area contributed by atoms with Crippen LogP contribution in [0.25, 0.3) is 5.82 Å². The van der Waals surface area contributed by atoms with Gasteiger partial charge in [-0.3, -0.25) is 9.59 Å². The molecule has 5 rings (SSSR count). The summed E-state index contributed by atoms with van der Waals surface area (Å²) in [4.78, 5) is 35.7. The van der Waals surface area contributed by atoms with E-state index in [-0.39, 0.29) is 18.2 Å². The average molecular weight is 454 g/mol. The van der Waals surface area contributed by atoms with Crippen molar-refractivity contribution in [2.24, 2.45) is 5.92 Å². The van der Waals surface area contributed by atoms with E-state index in [0.29, 0.717) is 29.7 Å². The van der Waals surface area contributed by atoms with Crippen LogP contribution in [-0.2, 0) is 9.59 Å². The number of nitrogens with one attached hydrogen (secondary N) is 2. The van der Waals surface area contributed by atoms with Crippen LogP contribution >= 0.6 is 0 Å². The van der Waals surface area contributed by atoms with E-state index in [0.717, 1.165) is 11.4 Å². The van der Waals surface area contributed by atoms with Crippen LogP contribution in [0.1, 0.15) is 12.2 Å². The second-order valence-corrected chi connectivity index (χ2v) is 8.04. The number of amides is 2. The number of benzene rings is 2. The Labute approximate surface area is 196 Å². The summed E-state index contributed by atoms with van der Waals surface area (Å²) in [6.07, 6.45) is 3.71. The van der Waals surface area contributed by atoms with E-state index in [1.54, 1.807) is 15.8 Å². The van der Waals surface area contributed by atoms with Gasteiger partial charge < -0.3 is 15.5 Å². The Morgan fingerprint density at radius 2 is 1.76 bits per heavy atom. The summed E-state index contributed by atoms with van der Waals surface area (Å²) in [5.74, 6) is 1.33. The van der Waals surface area contributed by atoms with Crippen molar-refractivity contribution in [1.29, 1.82) is 0 Å². The van der Waals surface area contributed by atoms with E-state index < -0.39 is 5.92 Å². The number of carbonyl (C=O) groups is 2. The molecule has 2 amide bonds. The second-order valence-electron chi connectivity index (χ2n) is 8.04. The number of aryl methyl sites for hydroxylation is 1. The number of anilines is 4. The maximum absolute atomic E-state index is 12.8. The standard InChI is InChI=1S/C25H23N7O2/c1-17-27-22(15-23(28-17)32-13-5-12-26-32)29-19-8-10-20(11-9-19)30-25(34)18-14-24(33)31(16-18)21-6-3-2-4-7-21/h2-13,15,18H,14,16H2,1H3,(H,30,34)(H,27,28,29)/t18-/m0/s1. The van der Waals surface area contributed by atoms with E-state index >= 15 is 0 Å². The average Bonchev–Trinajstić information content (AvgIpc) is 3.51. The first-order valence-corrected chi connectivity index (χ1v) is 10.9. The van der Waals surface area contributed by atoms with Crippen molar-refractivity contribution in [2.45, 2.75) is 13.3 Å². The van der Waals surface area contributed by atoms with Crippen LogP contribution in [0.5, 0.6) is 0 Å². The first-order valence-electron chi connectivity index (χ1n) is 10.9. The number of hydrogen-bond donors (Lipinski definition) is 2. The fourth-order valence-electron chi connectivity index (χ4n) is 3.91. The monoisotopic (exact) mass is 453 g/mol. The van der Waals surface area contributed by atoms with Crippen molar-refractivity contribution >= 4 is 34.7 Å². The van der Waals surface area contributed by atoms with Crippen molar-refractivity contribution in [3.8, 4) is 5.82 Å². The highest BCUT2D eigenvalue weighted by molar-refractivity contribution is 6.03. The van der Waals surface area contributed by atoms with E-state index in [9.17, 15) is 9.59 Å². The first kappa shape index (κ1) is 21.3. The Morgan fingerprint density at radius 3 is 2.50 bits per heavy atom. The summed E-state index contributed by atoms with van der Waals surface area (Å²) < 4.78 is 1.67. The lowest BCUT2D eigenvalue weighted by Crippen LogP contribution is -2.28. The molecule has 0 bridgehead atoms. The van der Waals surface area contributed by atoms with Gasteiger partial charge in [0.2, 0.25) is 11.8 Å². The molecule has 1 saturated heterocycles. The number of aromatic nitrogens is 4. The number of rotatable bonds is 6. The van der Waals surface area contributed by atoms with Gasteiger partial charge in [-0.2, -0.15) is 5.10 Å². The lowest BCUT2D eigenvalue weighted by Gasteiger charge is -2.16. The molecular formula is C25H23N7O2. The van der Waals surface area contributed by atoms with Gasteiger partial charge in [0.05, 0.1) is 5.92 Å². The highest BCUT2D eigenvalue weighted by Gasteiger charge is 2.35. The Morgan fingerprint density at radius 1 is 1.00 bits per heavy atom. The van der Waals surface area contributed by atoms with Gasteiger partial charge in [-0.25, -0.2) is 14.6 Å². The second kappa shape index (κ2) is 9.14. The molecule has 0 saturated carbocycles. The molecular weight excluding hydrogens is 430 g/mol. The lowest BCUT2D eigenvalue weighted by molar-refractivity contribution is -0.122. The van der Waals surface area contributed by atoms with Gasteiger partial charge in [0.1, 0.15) is 11.6 Å². The van der Waals surface area contributed by atoms with Crippen LogP contribution in [0.4, 0.5) is 22.9 Å². The molecule has 0 aliphatic carbocycles. The third-order valence-corrected chi connectivity index (χ3v) is 5.55. The largest absolute Gasteiger partial charge is 0.340 e. The first-order chi connectivity index (χ1) is 16.5. The Hall–Kier alpha value is -4.53. The molecule has 1 aliphatic rings. The summed E-state index contributed by atoms with van der Waals surface area (Å²) in [6.45, 7) is 2.20. The van der Waals surface area contributed by atoms with Crippen molar-refractivity contribution in [3.63, 3.8) is 0 Å². The Balaban J connectivity index is 1.22. The summed E-state index contributed by atoms with van der Waals surface area (Å²) >= 11 is 0. The van der Waals surface area contributed by atoms with Gasteiger partial charge in [0.25, 0.3) is 0 Å². The quantitative estimate of drug-likeness (QED) is 0.461. The van der Waals surface area contributed by atoms with Crippen LogP contribution in [0.3, 0.4) is 0 Å². The predicted octanol–water partition coefficient (Wildman–Crippen LogP) is 3.71. The minimum Gasteiger partial charge on any atom is -0.340 e. The smallest absolute Gasteiger partial charge is 0.229 e. The zero-order valence-corrected chi connectivity index (χ0v) is 18.5. The molecule has 9 heteroatoms. The molecule has 170 valence electrons. The fourth-order valence-corrected chi connectivity index (χ4v) is 3.91. The SMILES string of the molecule is Cc1nc(Nc2ccc(NC(=O)[C@H]3CC(=O)N(c4ccccc4)C3)cc2)cc(-n2cccn2)n1. The van der Waals surface area contributed by atoms with E-state index in [1.807, 2.05) is 79.9 Å². The third kappa shape index (κ3) is 4.63. The van der Waals surface area contributed by atoms with Crippen molar-refractivity contribution in [3.05, 3.63) is 84.9 Å². The molecule has 2 N–H and O–H groups in total. The minimum absolute atomic E-state index is 0.0412. The molecule has 0 unspecified atom stereocenters. The van der Waals surface area contributed by atoms with Gasteiger partial charge in [-0.15, -0.1) is 0 Å². The van der Waals surface area contributed by atoms with Gasteiger partial charge in [0.15, 0.2) is 5.82 Å². The fraction of sp³-hybridized carbons (Fsp3) is 0.160. The molecule has 0 radical (unpaired) electrons. The molecule has 1 atom stereocenters. The summed E-state index contributed by atoms with van der Waals surface area (Å²) in [5, 5.41) is 10.4. The molecule has 9 nitrogen and oxygen atoms in total. The van der Waals surface area contributed by atoms with Crippen LogP contribution in [-0.4, -0.2) is 38.1 Å². The minimum atomic E-state index is -0.393. The molecule has 0 spiro atoms. The molecule has 2 aromatic carbocycles. The zero-order valence-electron chi connectivity index (χ0n) is 18.5. The lowest BCUT2D eigenvalue weighted by atomic mass is 10.1. The van der Waals surface area contributed by atoms with Gasteiger partial charge in [0, 0.05) is 48.5 Å². The maximum atomic E-state index is 12.8. The third-order valence-electron chi connectivity index (χ3n) is 5.55. The summed E-state index contributed by atoms with van der Waals surface area (Å²) in [7, 11) is 0. The van der Waals surface area contributed by atoms with E-state index in [2.05, 4.69) is 25.7 Å². The molecule has 1 aliphatic heterocycles. The summed E-state index contributed by atoms with van der Waals surface area (Å²) in [5.41, 5.74) is 2.29. The Kier molecular flexibility index (Phi) is 5.73. The van der Waals surface area contributed by atoms with Gasteiger partial charge in [-0.05, 0) is 49.4 Å². The van der Waals surface area contributed by atoms with Crippen LogP contribution in [0.2, 0.25) is 0 Å². The molecule has 1 fully saturated rings. The normalized spacial score (nSPS) is 15.4. The molecule has 3 heterocycles. The van der Waals surface area contributed by atoms with E-state index in [1.165, 1.54) is 0 Å². The number of para-hydroxylation sites is 1. The topological polar surface area (TPSA) is 105 Å². The van der Waals surface area contributed by atoms with Gasteiger partial charge in [-0.1, -0.05) is 18.2 Å². The highest BCUT2D eigenvalue weighted by atomic mass is 16.2. The van der Waals surface area contributed by atoms with Crippen LogP contribution < -0.4 is 15.5 Å².